The number of hydrogen-bond donors (Lipinski definition) is 0. The van der Waals surface area contributed by atoms with Gasteiger partial charge >= 0.3 is 5.97 Å². The topological polar surface area (TPSA) is 64.4 Å². The van der Waals surface area contributed by atoms with Gasteiger partial charge in [-0.15, -0.1) is 0 Å². The Morgan fingerprint density at radius 3 is 2.62 bits per heavy atom. The van der Waals surface area contributed by atoms with E-state index in [4.69, 9.17) is 0 Å². The molecule has 0 aliphatic rings. The smallest absolute Gasteiger partial charge is 0.325 e. The molecule has 0 atom stereocenters. The van der Waals surface area contributed by atoms with Gasteiger partial charge in [0.1, 0.15) is 12.2 Å². The Morgan fingerprint density at radius 1 is 1.56 bits per heavy atom. The molecule has 0 aliphatic carbocycles. The minimum absolute atomic E-state index is 0.0699. The SMILES string of the molecule is COC(=O)CN(C)C(=O)c1cc(C)nn1C. The van der Waals surface area contributed by atoms with Gasteiger partial charge in [0.2, 0.25) is 0 Å². The summed E-state index contributed by atoms with van der Waals surface area (Å²) in [5.74, 6) is -0.705. The number of methoxy groups -OCH3 is 1. The maximum absolute atomic E-state index is 11.9. The van der Waals surface area contributed by atoms with Gasteiger partial charge in [-0.05, 0) is 13.0 Å². The second-order valence-corrected chi connectivity index (χ2v) is 3.53. The first-order valence-corrected chi connectivity index (χ1v) is 4.78. The second kappa shape index (κ2) is 4.78. The lowest BCUT2D eigenvalue weighted by Gasteiger charge is -2.15. The molecule has 1 aromatic heterocycles. The van der Waals surface area contributed by atoms with Gasteiger partial charge in [0.15, 0.2) is 0 Å². The van der Waals surface area contributed by atoms with Crippen molar-refractivity contribution in [2.24, 2.45) is 7.05 Å². The Hall–Kier alpha value is -1.85. The van der Waals surface area contributed by atoms with Crippen molar-refractivity contribution in [2.75, 3.05) is 20.7 Å². The third-order valence-corrected chi connectivity index (χ3v) is 2.16. The van der Waals surface area contributed by atoms with Crippen LogP contribution < -0.4 is 0 Å². The molecule has 0 bridgehead atoms. The molecule has 1 aromatic rings. The number of aromatic nitrogens is 2. The number of esters is 1. The number of carbonyl (C=O) groups excluding carboxylic acids is 2. The van der Waals surface area contributed by atoms with Crippen LogP contribution in [0.15, 0.2) is 6.07 Å². The van der Waals surface area contributed by atoms with Crippen molar-refractivity contribution in [1.29, 1.82) is 0 Å². The molecule has 6 heteroatoms. The third kappa shape index (κ3) is 2.59. The molecular formula is C10H15N3O3. The number of ether oxygens (including phenoxy) is 1. The standard InChI is InChI=1S/C10H15N3O3/c1-7-5-8(13(3)11-7)10(15)12(2)6-9(14)16-4/h5H,6H2,1-4H3. The maximum atomic E-state index is 11.9. The molecule has 6 nitrogen and oxygen atoms in total. The fraction of sp³-hybridized carbons (Fsp3) is 0.500. The van der Waals surface area contributed by atoms with Crippen LogP contribution in [0.4, 0.5) is 0 Å². The number of nitrogens with zero attached hydrogens (tertiary/aromatic N) is 3. The number of rotatable bonds is 3. The molecule has 0 fully saturated rings. The van der Waals surface area contributed by atoms with Crippen molar-refractivity contribution in [3.63, 3.8) is 0 Å². The Labute approximate surface area is 93.8 Å². The lowest BCUT2D eigenvalue weighted by molar-refractivity contribution is -0.141. The molecule has 0 N–H and O–H groups in total. The van der Waals surface area contributed by atoms with Crippen LogP contribution in [0.25, 0.3) is 0 Å². The van der Waals surface area contributed by atoms with E-state index in [-0.39, 0.29) is 12.5 Å². The summed E-state index contributed by atoms with van der Waals surface area (Å²) < 4.78 is 5.98. The summed E-state index contributed by atoms with van der Waals surface area (Å²) in [5.41, 5.74) is 1.21. The number of likely N-dealkylation sites (N-methyl/N-ethyl adjacent to an activating group) is 1. The zero-order chi connectivity index (χ0) is 12.3. The lowest BCUT2D eigenvalue weighted by atomic mass is 10.3. The highest BCUT2D eigenvalue weighted by Gasteiger charge is 2.18. The number of aryl methyl sites for hydroxylation is 2. The van der Waals surface area contributed by atoms with E-state index in [9.17, 15) is 9.59 Å². The van der Waals surface area contributed by atoms with Crippen molar-refractivity contribution >= 4 is 11.9 Å². The molecule has 0 unspecified atom stereocenters. The van der Waals surface area contributed by atoms with Gasteiger partial charge in [-0.25, -0.2) is 0 Å². The van der Waals surface area contributed by atoms with E-state index < -0.39 is 5.97 Å². The van der Waals surface area contributed by atoms with E-state index in [1.807, 2.05) is 0 Å². The number of amides is 1. The predicted molar refractivity (Wildman–Crippen MR) is 56.9 cm³/mol. The second-order valence-electron chi connectivity index (χ2n) is 3.53. The average Bonchev–Trinajstić information content (AvgIpc) is 2.56. The van der Waals surface area contributed by atoms with E-state index in [1.165, 1.54) is 16.7 Å². The molecule has 0 aromatic carbocycles. The summed E-state index contributed by atoms with van der Waals surface area (Å²) in [6, 6.07) is 1.68. The van der Waals surface area contributed by atoms with E-state index in [2.05, 4.69) is 9.84 Å². The fourth-order valence-electron chi connectivity index (χ4n) is 1.34. The maximum Gasteiger partial charge on any atom is 0.325 e. The highest BCUT2D eigenvalue weighted by Crippen LogP contribution is 2.05. The molecule has 0 saturated heterocycles. The van der Waals surface area contributed by atoms with E-state index in [0.29, 0.717) is 5.69 Å². The molecule has 0 aliphatic heterocycles. The van der Waals surface area contributed by atoms with Gasteiger partial charge in [0, 0.05) is 14.1 Å². The van der Waals surface area contributed by atoms with Crippen molar-refractivity contribution in [3.8, 4) is 0 Å². The minimum Gasteiger partial charge on any atom is -0.468 e. The van der Waals surface area contributed by atoms with Crippen LogP contribution in [-0.4, -0.2) is 47.3 Å². The van der Waals surface area contributed by atoms with Crippen LogP contribution in [0.1, 0.15) is 16.2 Å². The monoisotopic (exact) mass is 225 g/mol. The number of carbonyl (C=O) groups is 2. The third-order valence-electron chi connectivity index (χ3n) is 2.16. The molecular weight excluding hydrogens is 210 g/mol. The van der Waals surface area contributed by atoms with Crippen molar-refractivity contribution < 1.29 is 14.3 Å². The summed E-state index contributed by atoms with van der Waals surface area (Å²) in [4.78, 5) is 24.2. The van der Waals surface area contributed by atoms with Crippen LogP contribution in [0.5, 0.6) is 0 Å². The Morgan fingerprint density at radius 2 is 2.19 bits per heavy atom. The molecule has 1 heterocycles. The minimum atomic E-state index is -0.449. The molecule has 0 radical (unpaired) electrons. The van der Waals surface area contributed by atoms with Crippen LogP contribution in [0.3, 0.4) is 0 Å². The molecule has 0 spiro atoms. The van der Waals surface area contributed by atoms with Crippen LogP contribution >= 0.6 is 0 Å². The number of hydrogen-bond acceptors (Lipinski definition) is 4. The summed E-state index contributed by atoms with van der Waals surface area (Å²) in [5, 5.41) is 4.07. The van der Waals surface area contributed by atoms with Gasteiger partial charge in [0.25, 0.3) is 5.91 Å². The van der Waals surface area contributed by atoms with Gasteiger partial charge in [-0.1, -0.05) is 0 Å². The first kappa shape index (κ1) is 12.2. The normalized spacial score (nSPS) is 10.0. The highest BCUT2D eigenvalue weighted by molar-refractivity contribution is 5.94. The van der Waals surface area contributed by atoms with Crippen LogP contribution in [0, 0.1) is 6.92 Å². The Bertz CT molecular complexity index is 411. The highest BCUT2D eigenvalue weighted by atomic mass is 16.5. The summed E-state index contributed by atoms with van der Waals surface area (Å²) in [7, 11) is 4.52. The molecule has 0 saturated carbocycles. The average molecular weight is 225 g/mol. The van der Waals surface area contributed by atoms with Gasteiger partial charge in [-0.3, -0.25) is 14.3 Å². The zero-order valence-corrected chi connectivity index (χ0v) is 9.85. The van der Waals surface area contributed by atoms with E-state index in [1.54, 1.807) is 27.1 Å². The first-order valence-electron chi connectivity index (χ1n) is 4.78. The summed E-state index contributed by atoms with van der Waals surface area (Å²) in [6.45, 7) is 1.73. The van der Waals surface area contributed by atoms with Crippen molar-refractivity contribution in [1.82, 2.24) is 14.7 Å². The molecule has 1 rings (SSSR count). The van der Waals surface area contributed by atoms with Crippen molar-refractivity contribution in [3.05, 3.63) is 17.5 Å². The lowest BCUT2D eigenvalue weighted by Crippen LogP contribution is -2.33. The van der Waals surface area contributed by atoms with Gasteiger partial charge < -0.3 is 9.64 Å². The van der Waals surface area contributed by atoms with Crippen LogP contribution in [-0.2, 0) is 16.6 Å². The first-order chi connectivity index (χ1) is 7.45. The van der Waals surface area contributed by atoms with Gasteiger partial charge in [-0.2, -0.15) is 5.10 Å². The molecule has 1 amide bonds. The quantitative estimate of drug-likeness (QED) is 0.678. The summed E-state index contributed by atoms with van der Waals surface area (Å²) >= 11 is 0. The Kier molecular flexibility index (Phi) is 3.65. The van der Waals surface area contributed by atoms with E-state index in [0.717, 1.165) is 5.69 Å². The van der Waals surface area contributed by atoms with Crippen LogP contribution in [0.2, 0.25) is 0 Å². The van der Waals surface area contributed by atoms with Crippen molar-refractivity contribution in [2.45, 2.75) is 6.92 Å². The zero-order valence-electron chi connectivity index (χ0n) is 9.85. The van der Waals surface area contributed by atoms with Gasteiger partial charge in [0.05, 0.1) is 12.8 Å². The predicted octanol–water partition coefficient (Wildman–Crippen LogP) is -0.0265. The van der Waals surface area contributed by atoms with E-state index >= 15 is 0 Å². The molecule has 16 heavy (non-hydrogen) atoms. The largest absolute Gasteiger partial charge is 0.468 e. The Balaban J connectivity index is 2.78. The summed E-state index contributed by atoms with van der Waals surface area (Å²) in [6.07, 6.45) is 0. The fourth-order valence-corrected chi connectivity index (χ4v) is 1.34. The molecule has 88 valence electrons.